The zero-order valence-electron chi connectivity index (χ0n) is 39.9. The summed E-state index contributed by atoms with van der Waals surface area (Å²) in [5.41, 5.74) is 0. The molecule has 6 heteroatoms. The van der Waals surface area contributed by atoms with Gasteiger partial charge in [0.05, 0.1) is 0 Å². The molecule has 1 atom stereocenters. The van der Waals surface area contributed by atoms with Gasteiger partial charge in [-0.2, -0.15) is 0 Å². The highest BCUT2D eigenvalue weighted by Gasteiger charge is 2.19. The maximum atomic E-state index is 12.8. The van der Waals surface area contributed by atoms with Crippen molar-refractivity contribution in [1.82, 2.24) is 0 Å². The quantitative estimate of drug-likeness (QED) is 0.0263. The molecule has 6 nitrogen and oxygen atoms in total. The molecule has 350 valence electrons. The third-order valence-corrected chi connectivity index (χ3v) is 10.7. The molecule has 0 heterocycles. The fourth-order valence-corrected chi connectivity index (χ4v) is 6.94. The summed E-state index contributed by atoms with van der Waals surface area (Å²) in [5, 5.41) is 0. The Labute approximate surface area is 376 Å². The second-order valence-electron chi connectivity index (χ2n) is 16.7. The van der Waals surface area contributed by atoms with Crippen LogP contribution in [0.15, 0.2) is 72.9 Å². The van der Waals surface area contributed by atoms with Crippen LogP contribution in [0.25, 0.3) is 0 Å². The Kier molecular flexibility index (Phi) is 46.9. The summed E-state index contributed by atoms with van der Waals surface area (Å²) >= 11 is 0. The van der Waals surface area contributed by atoms with Gasteiger partial charge in [-0.15, -0.1) is 0 Å². The summed E-state index contributed by atoms with van der Waals surface area (Å²) in [4.78, 5) is 38.0. The van der Waals surface area contributed by atoms with Crippen molar-refractivity contribution in [2.75, 3.05) is 13.2 Å². The van der Waals surface area contributed by atoms with Gasteiger partial charge in [0.1, 0.15) is 13.2 Å². The van der Waals surface area contributed by atoms with E-state index in [9.17, 15) is 14.4 Å². The Hall–Kier alpha value is -3.15. The van der Waals surface area contributed by atoms with E-state index in [1.54, 1.807) is 0 Å². The third-order valence-electron chi connectivity index (χ3n) is 10.7. The Balaban J connectivity index is 4.43. The average Bonchev–Trinajstić information content (AvgIpc) is 3.26. The monoisotopic (exact) mass is 851 g/mol. The number of esters is 3. The van der Waals surface area contributed by atoms with E-state index < -0.39 is 6.10 Å². The lowest BCUT2D eigenvalue weighted by Gasteiger charge is -2.18. The van der Waals surface area contributed by atoms with Crippen molar-refractivity contribution in [2.45, 2.75) is 245 Å². The molecule has 0 bridgehead atoms. The molecule has 0 aliphatic heterocycles. The van der Waals surface area contributed by atoms with E-state index in [2.05, 4.69) is 93.7 Å². The zero-order valence-corrected chi connectivity index (χ0v) is 39.9. The molecule has 0 amide bonds. The highest BCUT2D eigenvalue weighted by atomic mass is 16.6. The lowest BCUT2D eigenvalue weighted by molar-refractivity contribution is -0.167. The first-order valence-electron chi connectivity index (χ1n) is 25.4. The Bertz CT molecular complexity index is 1160. The molecule has 0 saturated heterocycles. The number of hydrogen-bond donors (Lipinski definition) is 0. The van der Waals surface area contributed by atoms with Crippen LogP contribution in [0.5, 0.6) is 0 Å². The van der Waals surface area contributed by atoms with Crippen LogP contribution in [-0.4, -0.2) is 37.2 Å². The predicted octanol–water partition coefficient (Wildman–Crippen LogP) is 16.6. The van der Waals surface area contributed by atoms with Crippen LogP contribution in [0, 0.1) is 0 Å². The molecular weight excluding hydrogens is 757 g/mol. The van der Waals surface area contributed by atoms with Gasteiger partial charge < -0.3 is 14.2 Å². The normalized spacial score (nSPS) is 12.6. The van der Waals surface area contributed by atoms with Gasteiger partial charge in [-0.3, -0.25) is 14.4 Å². The maximum absolute atomic E-state index is 12.8. The molecule has 0 rings (SSSR count). The highest BCUT2D eigenvalue weighted by Crippen LogP contribution is 2.15. The lowest BCUT2D eigenvalue weighted by Crippen LogP contribution is -2.30. The topological polar surface area (TPSA) is 78.9 Å². The van der Waals surface area contributed by atoms with E-state index in [4.69, 9.17) is 14.2 Å². The lowest BCUT2D eigenvalue weighted by atomic mass is 10.0. The third kappa shape index (κ3) is 47.7. The molecule has 0 saturated carbocycles. The van der Waals surface area contributed by atoms with Crippen molar-refractivity contribution in [3.63, 3.8) is 0 Å². The number of carbonyl (C=O) groups is 3. The summed E-state index contributed by atoms with van der Waals surface area (Å²) < 4.78 is 16.8. The molecule has 0 spiro atoms. The van der Waals surface area contributed by atoms with Crippen LogP contribution in [0.3, 0.4) is 0 Å². The Morgan fingerprint density at radius 3 is 1.00 bits per heavy atom. The second-order valence-corrected chi connectivity index (χ2v) is 16.7. The van der Waals surface area contributed by atoms with Gasteiger partial charge in [0, 0.05) is 19.3 Å². The Morgan fingerprint density at radius 1 is 0.344 bits per heavy atom. The first-order valence-corrected chi connectivity index (χ1v) is 25.4. The predicted molar refractivity (Wildman–Crippen MR) is 261 cm³/mol. The van der Waals surface area contributed by atoms with Crippen molar-refractivity contribution in [3.05, 3.63) is 72.9 Å². The summed E-state index contributed by atoms with van der Waals surface area (Å²) in [6.45, 7) is 6.39. The van der Waals surface area contributed by atoms with E-state index >= 15 is 0 Å². The molecule has 0 aliphatic carbocycles. The van der Waals surface area contributed by atoms with Gasteiger partial charge in [-0.05, 0) is 83.5 Å². The summed E-state index contributed by atoms with van der Waals surface area (Å²) in [5.74, 6) is -0.919. The molecule has 0 aromatic carbocycles. The van der Waals surface area contributed by atoms with E-state index in [-0.39, 0.29) is 31.1 Å². The van der Waals surface area contributed by atoms with Gasteiger partial charge in [0.2, 0.25) is 0 Å². The van der Waals surface area contributed by atoms with Gasteiger partial charge >= 0.3 is 17.9 Å². The van der Waals surface area contributed by atoms with Crippen molar-refractivity contribution in [1.29, 1.82) is 0 Å². The van der Waals surface area contributed by atoms with Gasteiger partial charge in [0.15, 0.2) is 6.10 Å². The van der Waals surface area contributed by atoms with Crippen LogP contribution in [0.4, 0.5) is 0 Å². The van der Waals surface area contributed by atoms with E-state index in [1.165, 1.54) is 64.2 Å². The zero-order chi connectivity index (χ0) is 44.4. The SMILES string of the molecule is CC/C=C\C/C=C\C/C=C\CCCCCCCC(=O)OC[C@@H](COC(=O)CCCCCCCCCCCCCCC)OC(=O)CCCCCCC/C=C\C/C=C\C/C=C\CC. The number of rotatable bonds is 45. The second kappa shape index (κ2) is 49.5. The molecule has 0 fully saturated rings. The summed E-state index contributed by atoms with van der Waals surface area (Å²) in [6, 6.07) is 0. The van der Waals surface area contributed by atoms with E-state index in [1.807, 2.05) is 0 Å². The van der Waals surface area contributed by atoms with E-state index in [0.717, 1.165) is 135 Å². The van der Waals surface area contributed by atoms with Crippen LogP contribution in [0.2, 0.25) is 0 Å². The fourth-order valence-electron chi connectivity index (χ4n) is 6.94. The molecule has 0 aliphatic rings. The number of carbonyl (C=O) groups excluding carboxylic acids is 3. The molecule has 0 N–H and O–H groups in total. The molecule has 0 aromatic rings. The smallest absolute Gasteiger partial charge is 0.306 e. The van der Waals surface area contributed by atoms with Crippen molar-refractivity contribution in [2.24, 2.45) is 0 Å². The number of unbranched alkanes of at least 4 members (excludes halogenated alkanes) is 22. The first kappa shape index (κ1) is 57.9. The minimum absolute atomic E-state index is 0.0868. The number of hydrogen-bond acceptors (Lipinski definition) is 6. The summed E-state index contributed by atoms with van der Waals surface area (Å²) in [6.07, 6.45) is 61.6. The molecule has 0 unspecified atom stereocenters. The number of ether oxygens (including phenoxy) is 3. The standard InChI is InChI=1S/C55H94O6/c1-4-7-10-13-16-19-22-25-27-30-33-36-39-42-45-48-54(57)60-51-52(50-59-53(56)47-44-41-38-35-32-29-24-21-18-15-12-9-6-3)61-55(58)49-46-43-40-37-34-31-28-26-23-20-17-14-11-8-5-2/h7-8,10-11,16-17,19-20,25-28,52H,4-6,9,12-15,18,21-24,29-51H2,1-3H3/b10-7-,11-8-,19-16-,20-17-,27-25-,28-26-/t52-/m1/s1. The van der Waals surface area contributed by atoms with Crippen LogP contribution >= 0.6 is 0 Å². The van der Waals surface area contributed by atoms with Gasteiger partial charge in [-0.25, -0.2) is 0 Å². The molecule has 0 aromatic heterocycles. The number of allylic oxidation sites excluding steroid dienone is 12. The molecular formula is C55H94O6. The highest BCUT2D eigenvalue weighted by molar-refractivity contribution is 5.71. The van der Waals surface area contributed by atoms with Crippen molar-refractivity contribution >= 4 is 17.9 Å². The van der Waals surface area contributed by atoms with Crippen molar-refractivity contribution < 1.29 is 28.6 Å². The Morgan fingerprint density at radius 2 is 0.639 bits per heavy atom. The fraction of sp³-hybridized carbons (Fsp3) is 0.727. The first-order chi connectivity index (χ1) is 30.0. The van der Waals surface area contributed by atoms with Crippen LogP contribution in [0.1, 0.15) is 239 Å². The van der Waals surface area contributed by atoms with Crippen molar-refractivity contribution in [3.8, 4) is 0 Å². The molecule has 61 heavy (non-hydrogen) atoms. The largest absolute Gasteiger partial charge is 0.462 e. The van der Waals surface area contributed by atoms with Crippen LogP contribution < -0.4 is 0 Å². The maximum Gasteiger partial charge on any atom is 0.306 e. The van der Waals surface area contributed by atoms with Crippen LogP contribution in [-0.2, 0) is 28.6 Å². The van der Waals surface area contributed by atoms with Gasteiger partial charge in [-0.1, -0.05) is 209 Å². The molecule has 0 radical (unpaired) electrons. The average molecular weight is 851 g/mol. The minimum atomic E-state index is -0.789. The summed E-state index contributed by atoms with van der Waals surface area (Å²) in [7, 11) is 0. The minimum Gasteiger partial charge on any atom is -0.462 e. The van der Waals surface area contributed by atoms with Gasteiger partial charge in [0.25, 0.3) is 0 Å². The van der Waals surface area contributed by atoms with E-state index in [0.29, 0.717) is 19.3 Å².